The zero-order valence-corrected chi connectivity index (χ0v) is 18.2. The summed E-state index contributed by atoms with van der Waals surface area (Å²) in [5, 5.41) is 1.01. The van der Waals surface area contributed by atoms with Gasteiger partial charge in [-0.15, -0.1) is 11.3 Å². The Balaban J connectivity index is 2.35. The highest BCUT2D eigenvalue weighted by atomic mass is 32.2. The van der Waals surface area contributed by atoms with Crippen LogP contribution in [0.5, 0.6) is 0 Å². The van der Waals surface area contributed by atoms with Crippen LogP contribution in [-0.2, 0) is 11.2 Å². The van der Waals surface area contributed by atoms with E-state index in [-0.39, 0.29) is 16.6 Å². The lowest BCUT2D eigenvalue weighted by Gasteiger charge is -2.15. The highest BCUT2D eigenvalue weighted by Crippen LogP contribution is 2.32. The molecule has 142 valence electrons. The Bertz CT molecular complexity index is 1100. The van der Waals surface area contributed by atoms with Crippen LogP contribution in [0.25, 0.3) is 15.9 Å². The molecule has 0 radical (unpaired) electrons. The fourth-order valence-corrected chi connectivity index (χ4v) is 5.12. The van der Waals surface area contributed by atoms with Crippen LogP contribution in [-0.4, -0.2) is 20.6 Å². The topological polar surface area (TPSA) is 52.0 Å². The average Bonchev–Trinajstić information content (AvgIpc) is 2.93. The Labute approximate surface area is 167 Å². The molecule has 0 saturated heterocycles. The molecule has 2 aromatic heterocycles. The van der Waals surface area contributed by atoms with Gasteiger partial charge in [-0.25, -0.2) is 4.98 Å². The summed E-state index contributed by atoms with van der Waals surface area (Å²) in [6, 6.07) is 5.98. The molecule has 0 aliphatic rings. The van der Waals surface area contributed by atoms with Crippen molar-refractivity contribution in [2.45, 2.75) is 58.4 Å². The average molecular weight is 401 g/mol. The van der Waals surface area contributed by atoms with E-state index in [1.54, 1.807) is 22.8 Å². The Kier molecular flexibility index (Phi) is 5.58. The van der Waals surface area contributed by atoms with Crippen LogP contribution < -0.4 is 5.56 Å². The summed E-state index contributed by atoms with van der Waals surface area (Å²) in [7, 11) is 0. The predicted octanol–water partition coefficient (Wildman–Crippen LogP) is 5.00. The number of Topliss-reactive ketones (excluding diaryl/α,β-unsaturated/α-hetero) is 1. The summed E-state index contributed by atoms with van der Waals surface area (Å²) in [6.45, 7) is 11.6. The first kappa shape index (κ1) is 19.8. The van der Waals surface area contributed by atoms with Gasteiger partial charge in [0.15, 0.2) is 5.16 Å². The van der Waals surface area contributed by atoms with Crippen molar-refractivity contribution in [3.05, 3.63) is 50.1 Å². The zero-order valence-electron chi connectivity index (χ0n) is 16.5. The van der Waals surface area contributed by atoms with E-state index in [4.69, 9.17) is 4.98 Å². The third-order valence-corrected chi connectivity index (χ3v) is 7.16. The maximum absolute atomic E-state index is 13.5. The number of carbonyl (C=O) groups excluding carboxylic acids is 1. The maximum Gasteiger partial charge on any atom is 0.267 e. The van der Waals surface area contributed by atoms with Crippen molar-refractivity contribution in [1.29, 1.82) is 0 Å². The minimum Gasteiger partial charge on any atom is -0.299 e. The lowest BCUT2D eigenvalue weighted by atomic mass is 10.1. The fraction of sp³-hybridized carbons (Fsp3) is 0.381. The molecule has 1 aromatic carbocycles. The van der Waals surface area contributed by atoms with E-state index in [2.05, 4.69) is 6.92 Å². The van der Waals surface area contributed by atoms with Crippen LogP contribution in [0, 0.1) is 20.8 Å². The van der Waals surface area contributed by atoms with Crippen molar-refractivity contribution in [1.82, 2.24) is 9.55 Å². The van der Waals surface area contributed by atoms with Crippen LogP contribution in [0.3, 0.4) is 0 Å². The number of aryl methyl sites for hydroxylation is 4. The monoisotopic (exact) mass is 400 g/mol. The Morgan fingerprint density at radius 2 is 1.96 bits per heavy atom. The van der Waals surface area contributed by atoms with Crippen molar-refractivity contribution < 1.29 is 4.79 Å². The van der Waals surface area contributed by atoms with Gasteiger partial charge >= 0.3 is 0 Å². The van der Waals surface area contributed by atoms with Gasteiger partial charge in [0.05, 0.1) is 16.3 Å². The molecule has 3 rings (SSSR count). The van der Waals surface area contributed by atoms with Gasteiger partial charge < -0.3 is 0 Å². The maximum atomic E-state index is 13.5. The summed E-state index contributed by atoms with van der Waals surface area (Å²) in [5.74, 6) is 0.0672. The summed E-state index contributed by atoms with van der Waals surface area (Å²) in [4.78, 5) is 32.0. The summed E-state index contributed by atoms with van der Waals surface area (Å²) < 4.78 is 1.67. The number of fused-ring (bicyclic) bond motifs is 1. The van der Waals surface area contributed by atoms with Gasteiger partial charge in [-0.2, -0.15) is 0 Å². The SMILES string of the molecule is CCc1c(C)sc2nc(SC(C)C(C)=O)n(-c3ccc(C)c(C)c3)c(=O)c12. The molecule has 0 spiro atoms. The van der Waals surface area contributed by atoms with Gasteiger partial charge in [-0.3, -0.25) is 14.2 Å². The molecule has 0 amide bonds. The smallest absolute Gasteiger partial charge is 0.267 e. The highest BCUT2D eigenvalue weighted by molar-refractivity contribution is 8.00. The van der Waals surface area contributed by atoms with E-state index in [1.807, 2.05) is 45.9 Å². The third-order valence-electron chi connectivity index (χ3n) is 4.95. The number of nitrogens with zero attached hydrogens (tertiary/aromatic N) is 2. The standard InChI is InChI=1S/C21H24N2O2S2/c1-7-17-15(6)26-19-18(17)20(25)23(16-9-8-11(2)12(3)10-16)21(22-19)27-14(5)13(4)24/h8-10,14H,7H2,1-6H3. The normalized spacial score (nSPS) is 12.5. The molecular formula is C21H24N2O2S2. The molecule has 0 N–H and O–H groups in total. The molecule has 0 aliphatic heterocycles. The van der Waals surface area contributed by atoms with Crippen molar-refractivity contribution in [2.75, 3.05) is 0 Å². The molecule has 0 bridgehead atoms. The van der Waals surface area contributed by atoms with Gasteiger partial charge in [0.1, 0.15) is 10.6 Å². The second-order valence-electron chi connectivity index (χ2n) is 6.84. The molecular weight excluding hydrogens is 376 g/mol. The molecule has 0 aliphatic carbocycles. The number of rotatable bonds is 5. The number of hydrogen-bond donors (Lipinski definition) is 0. The third kappa shape index (κ3) is 3.60. The van der Waals surface area contributed by atoms with Gasteiger partial charge in [0.2, 0.25) is 0 Å². The Hall–Kier alpha value is -1.92. The van der Waals surface area contributed by atoms with Crippen molar-refractivity contribution in [3.8, 4) is 5.69 Å². The van der Waals surface area contributed by atoms with Crippen LogP contribution in [0.1, 0.15) is 42.3 Å². The first-order valence-corrected chi connectivity index (χ1v) is 10.7. The van der Waals surface area contributed by atoms with Crippen molar-refractivity contribution in [3.63, 3.8) is 0 Å². The molecule has 3 aromatic rings. The molecule has 0 fully saturated rings. The van der Waals surface area contributed by atoms with Gasteiger partial charge in [0, 0.05) is 4.88 Å². The molecule has 1 unspecified atom stereocenters. The fourth-order valence-electron chi connectivity index (χ4n) is 3.04. The number of carbonyl (C=O) groups is 1. The molecule has 27 heavy (non-hydrogen) atoms. The second kappa shape index (κ2) is 7.60. The van der Waals surface area contributed by atoms with E-state index in [1.165, 1.54) is 17.3 Å². The molecule has 0 saturated carbocycles. The summed E-state index contributed by atoms with van der Waals surface area (Å²) >= 11 is 2.90. The predicted molar refractivity (Wildman–Crippen MR) is 115 cm³/mol. The highest BCUT2D eigenvalue weighted by Gasteiger charge is 2.21. The summed E-state index contributed by atoms with van der Waals surface area (Å²) in [6.07, 6.45) is 0.798. The number of benzene rings is 1. The van der Waals surface area contributed by atoms with Gasteiger partial charge in [0.25, 0.3) is 5.56 Å². The first-order valence-electron chi connectivity index (χ1n) is 9.04. The molecule has 6 heteroatoms. The number of thiophene rings is 1. The number of ketones is 1. The molecule has 4 nitrogen and oxygen atoms in total. The van der Waals surface area contributed by atoms with Crippen molar-refractivity contribution >= 4 is 39.1 Å². The van der Waals surface area contributed by atoms with Crippen LogP contribution in [0.2, 0.25) is 0 Å². The quantitative estimate of drug-likeness (QED) is 0.446. The van der Waals surface area contributed by atoms with E-state index < -0.39 is 0 Å². The van der Waals surface area contributed by atoms with E-state index in [9.17, 15) is 9.59 Å². The van der Waals surface area contributed by atoms with Gasteiger partial charge in [-0.05, 0) is 69.9 Å². The first-order chi connectivity index (χ1) is 12.7. The Morgan fingerprint density at radius 3 is 2.56 bits per heavy atom. The second-order valence-corrected chi connectivity index (χ2v) is 9.36. The largest absolute Gasteiger partial charge is 0.299 e. The minimum absolute atomic E-state index is 0.0531. The van der Waals surface area contributed by atoms with E-state index in [0.29, 0.717) is 10.5 Å². The van der Waals surface area contributed by atoms with E-state index >= 15 is 0 Å². The molecule has 2 heterocycles. The lowest BCUT2D eigenvalue weighted by molar-refractivity contribution is -0.116. The lowest BCUT2D eigenvalue weighted by Crippen LogP contribution is -2.23. The molecule has 1 atom stereocenters. The van der Waals surface area contributed by atoms with Crippen molar-refractivity contribution in [2.24, 2.45) is 0 Å². The summed E-state index contributed by atoms with van der Waals surface area (Å²) in [5.41, 5.74) is 4.10. The number of thioether (sulfide) groups is 1. The van der Waals surface area contributed by atoms with E-state index in [0.717, 1.165) is 32.9 Å². The van der Waals surface area contributed by atoms with Crippen LogP contribution in [0.15, 0.2) is 28.2 Å². The van der Waals surface area contributed by atoms with Gasteiger partial charge in [-0.1, -0.05) is 24.8 Å². The Morgan fingerprint density at radius 1 is 1.26 bits per heavy atom. The zero-order chi connectivity index (χ0) is 19.9. The number of aromatic nitrogens is 2. The van der Waals surface area contributed by atoms with Crippen LogP contribution in [0.4, 0.5) is 0 Å². The number of hydrogen-bond acceptors (Lipinski definition) is 5. The minimum atomic E-state index is -0.265. The van der Waals surface area contributed by atoms with Crippen LogP contribution >= 0.6 is 23.1 Å².